The van der Waals surface area contributed by atoms with Crippen LogP contribution in [0.5, 0.6) is 11.5 Å². The molecule has 2 aliphatic rings. The summed E-state index contributed by atoms with van der Waals surface area (Å²) in [6, 6.07) is 20.6. The summed E-state index contributed by atoms with van der Waals surface area (Å²) in [7, 11) is -2.33. The van der Waals surface area contributed by atoms with Crippen molar-refractivity contribution in [3.63, 3.8) is 0 Å². The van der Waals surface area contributed by atoms with Crippen LogP contribution in [0.15, 0.2) is 77.7 Å². The van der Waals surface area contributed by atoms with Gasteiger partial charge in [-0.15, -0.1) is 11.3 Å². The Morgan fingerprint density at radius 3 is 2.45 bits per heavy atom. The number of hydrogen-bond donors (Lipinski definition) is 2. The number of carbonyl (C=O) groups excluding carboxylic acids is 1. The van der Waals surface area contributed by atoms with Gasteiger partial charge >= 0.3 is 12.1 Å². The minimum atomic E-state index is -3.85. The van der Waals surface area contributed by atoms with E-state index in [1.165, 1.54) is 34.9 Å². The predicted molar refractivity (Wildman–Crippen MR) is 200 cm³/mol. The Balaban J connectivity index is 1.16. The highest BCUT2D eigenvalue weighted by Gasteiger charge is 2.53. The van der Waals surface area contributed by atoms with Gasteiger partial charge in [0.2, 0.25) is 10.0 Å². The fourth-order valence-corrected chi connectivity index (χ4v) is 9.70. The van der Waals surface area contributed by atoms with Crippen LogP contribution in [0.3, 0.4) is 0 Å². The molecule has 0 bridgehead atoms. The van der Waals surface area contributed by atoms with E-state index in [1.54, 1.807) is 30.3 Å². The molecule has 0 spiro atoms. The molecule has 12 nitrogen and oxygen atoms in total. The lowest BCUT2D eigenvalue weighted by Crippen LogP contribution is -2.43. The van der Waals surface area contributed by atoms with Gasteiger partial charge < -0.3 is 34.1 Å². The van der Waals surface area contributed by atoms with Crippen molar-refractivity contribution < 1.29 is 46.8 Å². The van der Waals surface area contributed by atoms with E-state index in [1.807, 2.05) is 51.1 Å². The monoisotopic (exact) mass is 766 g/mol. The Labute approximate surface area is 314 Å². The van der Waals surface area contributed by atoms with Crippen molar-refractivity contribution in [1.29, 1.82) is 0 Å². The summed E-state index contributed by atoms with van der Waals surface area (Å²) in [5.41, 5.74) is 1.13. The topological polar surface area (TPSA) is 150 Å². The summed E-state index contributed by atoms with van der Waals surface area (Å²) < 4.78 is 58.7. The molecule has 2 aliphatic heterocycles. The number of nitrogens with one attached hydrogen (secondary N) is 1. The van der Waals surface area contributed by atoms with Gasteiger partial charge in [-0.1, -0.05) is 44.2 Å². The Bertz CT molecular complexity index is 2000. The second kappa shape index (κ2) is 16.4. The number of amides is 1. The van der Waals surface area contributed by atoms with E-state index in [-0.39, 0.29) is 42.1 Å². The first kappa shape index (κ1) is 38.5. The van der Waals surface area contributed by atoms with Gasteiger partial charge in [0.05, 0.1) is 41.6 Å². The number of carbonyl (C=O) groups is 2. The maximum atomic E-state index is 13.8. The number of carboxylic acids is 1. The van der Waals surface area contributed by atoms with Crippen molar-refractivity contribution in [2.24, 2.45) is 11.8 Å². The van der Waals surface area contributed by atoms with Crippen molar-refractivity contribution in [2.45, 2.75) is 69.5 Å². The van der Waals surface area contributed by atoms with Crippen LogP contribution in [0.4, 0.5) is 4.79 Å². The zero-order valence-corrected chi connectivity index (χ0v) is 31.9. The van der Waals surface area contributed by atoms with E-state index in [2.05, 4.69) is 5.32 Å². The molecule has 3 aromatic carbocycles. The Kier molecular flexibility index (Phi) is 11.9. The first-order chi connectivity index (χ1) is 25.4. The number of ether oxygens (including phenoxy) is 5. The second-order valence-electron chi connectivity index (χ2n) is 13.9. The standard InChI is InChI=1S/C39H46N2O10S2/c1-25(2)22-41(53(45,46)30-15-13-28(47-4)14-16-30)19-17-27(40-38(44)51-33-23-50-39(3)32(33)18-20-49-39)21-26-9-11-29(12-10-26)48-24-35-36(37(42)43)31-7-5-6-8-34(31)52-35/h5-16,25,27,32-33H,17-24H2,1-4H3,(H,40,44)(H,42,43)/t27-,32+,33+,39-/m1/s1. The number of aromatic carboxylic acids is 1. The Morgan fingerprint density at radius 1 is 1.04 bits per heavy atom. The fourth-order valence-electron chi connectivity index (χ4n) is 6.97. The van der Waals surface area contributed by atoms with Crippen molar-refractivity contribution >= 4 is 43.5 Å². The van der Waals surface area contributed by atoms with Crippen LogP contribution in [0, 0.1) is 11.8 Å². The smallest absolute Gasteiger partial charge is 0.407 e. The van der Waals surface area contributed by atoms with Crippen molar-refractivity contribution in [2.75, 3.05) is 33.4 Å². The number of nitrogens with zero attached hydrogens (tertiary/aromatic N) is 1. The molecule has 0 radical (unpaired) electrons. The first-order valence-corrected chi connectivity index (χ1v) is 20.0. The third-order valence-corrected chi connectivity index (χ3v) is 12.7. The molecule has 0 unspecified atom stereocenters. The van der Waals surface area contributed by atoms with Gasteiger partial charge in [0.1, 0.15) is 24.2 Å². The molecular weight excluding hydrogens is 721 g/mol. The van der Waals surface area contributed by atoms with Gasteiger partial charge in [0.15, 0.2) is 5.79 Å². The number of sulfonamides is 1. The number of methoxy groups -OCH3 is 1. The molecule has 1 amide bonds. The molecule has 2 fully saturated rings. The number of carboxylic acid groups (broad SMARTS) is 1. The molecule has 284 valence electrons. The molecule has 0 saturated carbocycles. The summed E-state index contributed by atoms with van der Waals surface area (Å²) in [5.74, 6) is -0.675. The highest BCUT2D eigenvalue weighted by molar-refractivity contribution is 7.89. The molecule has 53 heavy (non-hydrogen) atoms. The fraction of sp³-hybridized carbons (Fsp3) is 0.436. The van der Waals surface area contributed by atoms with Crippen LogP contribution in [0.1, 0.15) is 54.4 Å². The lowest BCUT2D eigenvalue weighted by Gasteiger charge is -2.27. The van der Waals surface area contributed by atoms with Crippen LogP contribution in [-0.2, 0) is 37.3 Å². The van der Waals surface area contributed by atoms with E-state index in [0.717, 1.165) is 16.7 Å². The minimum absolute atomic E-state index is 0.0522. The zero-order chi connectivity index (χ0) is 37.8. The molecule has 2 saturated heterocycles. The van der Waals surface area contributed by atoms with E-state index >= 15 is 0 Å². The van der Waals surface area contributed by atoms with Crippen LogP contribution in [-0.4, -0.2) is 81.2 Å². The largest absolute Gasteiger partial charge is 0.497 e. The van der Waals surface area contributed by atoms with Crippen LogP contribution in [0.25, 0.3) is 10.1 Å². The molecule has 1 aromatic heterocycles. The third-order valence-electron chi connectivity index (χ3n) is 9.71. The molecule has 4 aromatic rings. The summed E-state index contributed by atoms with van der Waals surface area (Å²) in [6.45, 7) is 7.09. The zero-order valence-electron chi connectivity index (χ0n) is 30.3. The third kappa shape index (κ3) is 8.95. The van der Waals surface area contributed by atoms with Gasteiger partial charge in [-0.25, -0.2) is 18.0 Å². The van der Waals surface area contributed by atoms with Gasteiger partial charge in [-0.05, 0) is 80.1 Å². The van der Waals surface area contributed by atoms with Crippen molar-refractivity contribution in [1.82, 2.24) is 9.62 Å². The number of alkyl carbamates (subject to hydrolysis) is 1. The maximum absolute atomic E-state index is 13.8. The van der Waals surface area contributed by atoms with Gasteiger partial charge in [-0.2, -0.15) is 4.31 Å². The van der Waals surface area contributed by atoms with E-state index < -0.39 is 40.0 Å². The van der Waals surface area contributed by atoms with Crippen LogP contribution >= 0.6 is 11.3 Å². The number of rotatable bonds is 16. The minimum Gasteiger partial charge on any atom is -0.497 e. The first-order valence-electron chi connectivity index (χ1n) is 17.7. The molecular formula is C39H46N2O10S2. The SMILES string of the molecule is COc1ccc(S(=O)(=O)N(CC[C@H](Cc2ccc(OCc3sc4ccccc4c3C(=O)O)cc2)NC(=O)O[C@H]2CO[C@@]3(C)OCC[C@@H]23)CC(C)C)cc1. The number of fused-ring (bicyclic) bond motifs is 2. The molecule has 14 heteroatoms. The number of benzene rings is 3. The van der Waals surface area contributed by atoms with Gasteiger partial charge in [0.25, 0.3) is 0 Å². The molecule has 6 rings (SSSR count). The van der Waals surface area contributed by atoms with Gasteiger partial charge in [-0.3, -0.25) is 0 Å². The normalized spacial score (nSPS) is 20.4. The highest BCUT2D eigenvalue weighted by atomic mass is 32.2. The second-order valence-corrected chi connectivity index (χ2v) is 17.0. The molecule has 4 atom stereocenters. The van der Waals surface area contributed by atoms with Crippen molar-refractivity contribution in [3.05, 3.63) is 88.8 Å². The summed E-state index contributed by atoms with van der Waals surface area (Å²) >= 11 is 1.39. The Hall–Kier alpha value is -4.21. The molecule has 0 aliphatic carbocycles. The Morgan fingerprint density at radius 2 is 1.75 bits per heavy atom. The van der Waals surface area contributed by atoms with E-state index in [9.17, 15) is 23.1 Å². The number of hydrogen-bond acceptors (Lipinski definition) is 10. The summed E-state index contributed by atoms with van der Waals surface area (Å²) in [6.07, 6.45) is 0.351. The highest BCUT2D eigenvalue weighted by Crippen LogP contribution is 2.42. The molecule has 2 N–H and O–H groups in total. The lowest BCUT2D eigenvalue weighted by atomic mass is 9.96. The summed E-state index contributed by atoms with van der Waals surface area (Å²) in [4.78, 5) is 26.2. The quantitative estimate of drug-likeness (QED) is 0.126. The van der Waals surface area contributed by atoms with E-state index in [4.69, 9.17) is 23.7 Å². The predicted octanol–water partition coefficient (Wildman–Crippen LogP) is 6.71. The maximum Gasteiger partial charge on any atom is 0.407 e. The van der Waals surface area contributed by atoms with Gasteiger partial charge in [0, 0.05) is 29.2 Å². The summed E-state index contributed by atoms with van der Waals surface area (Å²) in [5, 5.41) is 13.6. The number of thiophene rings is 1. The average molecular weight is 767 g/mol. The molecule has 3 heterocycles. The average Bonchev–Trinajstić information content (AvgIpc) is 3.80. The van der Waals surface area contributed by atoms with E-state index in [0.29, 0.717) is 47.8 Å². The van der Waals surface area contributed by atoms with Crippen molar-refractivity contribution in [3.8, 4) is 11.5 Å². The van der Waals surface area contributed by atoms with Crippen LogP contribution in [0.2, 0.25) is 0 Å². The van der Waals surface area contributed by atoms with Crippen LogP contribution < -0.4 is 14.8 Å². The lowest BCUT2D eigenvalue weighted by molar-refractivity contribution is -0.181.